The molecule has 1 unspecified atom stereocenters. The van der Waals surface area contributed by atoms with Gasteiger partial charge in [0.1, 0.15) is 10.6 Å². The first-order valence-corrected chi connectivity index (χ1v) is 7.17. The highest BCUT2D eigenvalue weighted by Crippen LogP contribution is 2.24. The number of aliphatic hydroxyl groups excluding tert-OH is 1. The summed E-state index contributed by atoms with van der Waals surface area (Å²) in [6, 6.07) is 4.65. The molecule has 1 atom stereocenters. The molecule has 0 heterocycles. The van der Waals surface area contributed by atoms with E-state index in [2.05, 4.69) is 4.72 Å². The molecule has 1 aromatic carbocycles. The van der Waals surface area contributed by atoms with E-state index in [1.165, 1.54) is 7.11 Å². The minimum absolute atomic E-state index is 0.0609. The number of sulfonamides is 1. The maximum Gasteiger partial charge on any atom is 0.244 e. The summed E-state index contributed by atoms with van der Waals surface area (Å²) in [4.78, 5) is 0.120. The fraction of sp³-hybridized carbons (Fsp3) is 0.500. The van der Waals surface area contributed by atoms with Crippen molar-refractivity contribution in [1.29, 1.82) is 0 Å². The number of benzene rings is 1. The molecule has 0 saturated heterocycles. The molecule has 0 aliphatic rings. The summed E-state index contributed by atoms with van der Waals surface area (Å²) in [7, 11) is -2.20. The molecule has 1 aromatic rings. The summed E-state index contributed by atoms with van der Waals surface area (Å²) in [6.07, 6.45) is 0.368. The van der Waals surface area contributed by atoms with Gasteiger partial charge in [-0.05, 0) is 38.0 Å². The van der Waals surface area contributed by atoms with E-state index in [0.717, 1.165) is 5.56 Å². The maximum absolute atomic E-state index is 12.2. The third kappa shape index (κ3) is 3.69. The van der Waals surface area contributed by atoms with E-state index < -0.39 is 10.0 Å². The summed E-state index contributed by atoms with van der Waals surface area (Å²) in [5.41, 5.74) is 0.839. The SMILES string of the molecule is COc1ccc(C)cc1S(=O)(=O)NC(C)CCO. The molecule has 0 aliphatic carbocycles. The topological polar surface area (TPSA) is 75.6 Å². The molecule has 0 radical (unpaired) electrons. The van der Waals surface area contributed by atoms with Crippen LogP contribution in [0.25, 0.3) is 0 Å². The first-order valence-electron chi connectivity index (χ1n) is 5.68. The Morgan fingerprint density at radius 3 is 2.67 bits per heavy atom. The highest BCUT2D eigenvalue weighted by molar-refractivity contribution is 7.89. The zero-order chi connectivity index (χ0) is 13.8. The van der Waals surface area contributed by atoms with Crippen LogP contribution in [-0.4, -0.2) is 33.3 Å². The minimum atomic E-state index is -3.63. The van der Waals surface area contributed by atoms with Crippen LogP contribution in [0.4, 0.5) is 0 Å². The lowest BCUT2D eigenvalue weighted by atomic mass is 10.2. The van der Waals surface area contributed by atoms with Crippen molar-refractivity contribution in [3.63, 3.8) is 0 Å². The van der Waals surface area contributed by atoms with Gasteiger partial charge in [-0.1, -0.05) is 6.07 Å². The van der Waals surface area contributed by atoms with Crippen molar-refractivity contribution < 1.29 is 18.3 Å². The number of ether oxygens (including phenoxy) is 1. The van der Waals surface area contributed by atoms with Crippen LogP contribution in [0.2, 0.25) is 0 Å². The Hall–Kier alpha value is -1.11. The van der Waals surface area contributed by atoms with Gasteiger partial charge in [0, 0.05) is 12.6 Å². The Morgan fingerprint density at radius 1 is 1.44 bits per heavy atom. The third-order valence-electron chi connectivity index (χ3n) is 2.53. The fourth-order valence-electron chi connectivity index (χ4n) is 1.57. The molecule has 1 rings (SSSR count). The third-order valence-corrected chi connectivity index (χ3v) is 4.14. The zero-order valence-corrected chi connectivity index (χ0v) is 11.6. The van der Waals surface area contributed by atoms with E-state index in [1.807, 2.05) is 6.92 Å². The molecule has 102 valence electrons. The minimum Gasteiger partial charge on any atom is -0.495 e. The Bertz CT molecular complexity index is 499. The molecule has 0 bridgehead atoms. The summed E-state index contributed by atoms with van der Waals surface area (Å²) >= 11 is 0. The molecule has 0 aromatic heterocycles. The number of aliphatic hydroxyl groups is 1. The average Bonchev–Trinajstić information content (AvgIpc) is 2.28. The molecule has 5 nitrogen and oxygen atoms in total. The van der Waals surface area contributed by atoms with Gasteiger partial charge >= 0.3 is 0 Å². The van der Waals surface area contributed by atoms with Gasteiger partial charge in [-0.2, -0.15) is 0 Å². The largest absolute Gasteiger partial charge is 0.495 e. The second-order valence-electron chi connectivity index (χ2n) is 4.19. The van der Waals surface area contributed by atoms with Gasteiger partial charge in [0.05, 0.1) is 7.11 Å². The second kappa shape index (κ2) is 6.17. The Balaban J connectivity index is 3.07. The van der Waals surface area contributed by atoms with E-state index in [-0.39, 0.29) is 17.5 Å². The number of aryl methyl sites for hydroxylation is 1. The number of nitrogens with one attached hydrogen (secondary N) is 1. The first kappa shape index (κ1) is 14.9. The van der Waals surface area contributed by atoms with E-state index in [9.17, 15) is 8.42 Å². The van der Waals surface area contributed by atoms with Crippen LogP contribution in [0.3, 0.4) is 0 Å². The summed E-state index contributed by atoms with van der Waals surface area (Å²) < 4.78 is 31.9. The molecule has 0 spiro atoms. The van der Waals surface area contributed by atoms with Crippen molar-refractivity contribution in [3.8, 4) is 5.75 Å². The Morgan fingerprint density at radius 2 is 2.11 bits per heavy atom. The van der Waals surface area contributed by atoms with Gasteiger partial charge in [-0.3, -0.25) is 0 Å². The number of methoxy groups -OCH3 is 1. The molecule has 0 amide bonds. The molecule has 0 aliphatic heterocycles. The van der Waals surface area contributed by atoms with Gasteiger partial charge in [0.2, 0.25) is 10.0 Å². The maximum atomic E-state index is 12.2. The monoisotopic (exact) mass is 273 g/mol. The molecule has 0 saturated carbocycles. The van der Waals surface area contributed by atoms with E-state index in [0.29, 0.717) is 12.2 Å². The number of hydrogen-bond acceptors (Lipinski definition) is 4. The lowest BCUT2D eigenvalue weighted by molar-refractivity contribution is 0.275. The smallest absolute Gasteiger partial charge is 0.244 e. The van der Waals surface area contributed by atoms with Crippen molar-refractivity contribution in [2.45, 2.75) is 31.2 Å². The second-order valence-corrected chi connectivity index (χ2v) is 5.87. The van der Waals surface area contributed by atoms with Crippen molar-refractivity contribution in [2.24, 2.45) is 0 Å². The van der Waals surface area contributed by atoms with E-state index in [4.69, 9.17) is 9.84 Å². The molecule has 2 N–H and O–H groups in total. The first-order chi connectivity index (χ1) is 8.40. The summed E-state index contributed by atoms with van der Waals surface area (Å²) in [5, 5.41) is 8.79. The van der Waals surface area contributed by atoms with Crippen LogP contribution in [-0.2, 0) is 10.0 Å². The van der Waals surface area contributed by atoms with Crippen molar-refractivity contribution in [1.82, 2.24) is 4.72 Å². The zero-order valence-electron chi connectivity index (χ0n) is 10.8. The highest BCUT2D eigenvalue weighted by atomic mass is 32.2. The molecular formula is C12H19NO4S. The predicted molar refractivity (Wildman–Crippen MR) is 69.2 cm³/mol. The van der Waals surface area contributed by atoms with Gasteiger partial charge in [-0.25, -0.2) is 13.1 Å². The molecule has 6 heteroatoms. The van der Waals surface area contributed by atoms with Crippen LogP contribution in [0.1, 0.15) is 18.9 Å². The number of hydrogen-bond donors (Lipinski definition) is 2. The van der Waals surface area contributed by atoms with Crippen molar-refractivity contribution in [3.05, 3.63) is 23.8 Å². The highest BCUT2D eigenvalue weighted by Gasteiger charge is 2.21. The molecular weight excluding hydrogens is 254 g/mol. The summed E-state index contributed by atoms with van der Waals surface area (Å²) in [5.74, 6) is 0.310. The molecule has 18 heavy (non-hydrogen) atoms. The average molecular weight is 273 g/mol. The van der Waals surface area contributed by atoms with Crippen LogP contribution >= 0.6 is 0 Å². The van der Waals surface area contributed by atoms with E-state index in [1.54, 1.807) is 25.1 Å². The quantitative estimate of drug-likeness (QED) is 0.812. The van der Waals surface area contributed by atoms with Gasteiger partial charge in [-0.15, -0.1) is 0 Å². The fourth-order valence-corrected chi connectivity index (χ4v) is 3.11. The van der Waals surface area contributed by atoms with Crippen molar-refractivity contribution >= 4 is 10.0 Å². The van der Waals surface area contributed by atoms with Crippen LogP contribution < -0.4 is 9.46 Å². The van der Waals surface area contributed by atoms with E-state index >= 15 is 0 Å². The lowest BCUT2D eigenvalue weighted by Gasteiger charge is -2.15. The van der Waals surface area contributed by atoms with Gasteiger partial charge in [0.15, 0.2) is 0 Å². The van der Waals surface area contributed by atoms with Crippen LogP contribution in [0.5, 0.6) is 5.75 Å². The van der Waals surface area contributed by atoms with Crippen LogP contribution in [0, 0.1) is 6.92 Å². The normalized spacial score (nSPS) is 13.3. The van der Waals surface area contributed by atoms with Gasteiger partial charge < -0.3 is 9.84 Å². The Kier molecular flexibility index (Phi) is 5.13. The molecule has 0 fully saturated rings. The number of rotatable bonds is 6. The summed E-state index contributed by atoms with van der Waals surface area (Å²) in [6.45, 7) is 3.46. The van der Waals surface area contributed by atoms with Crippen LogP contribution in [0.15, 0.2) is 23.1 Å². The lowest BCUT2D eigenvalue weighted by Crippen LogP contribution is -2.33. The van der Waals surface area contributed by atoms with Gasteiger partial charge in [0.25, 0.3) is 0 Å². The Labute approximate surface area is 108 Å². The predicted octanol–water partition coefficient (Wildman–Crippen LogP) is 1.05. The standard InChI is InChI=1S/C12H19NO4S/c1-9-4-5-11(17-3)12(8-9)18(15,16)13-10(2)6-7-14/h4-5,8,10,13-14H,6-7H2,1-3H3. The van der Waals surface area contributed by atoms with Crippen molar-refractivity contribution in [2.75, 3.05) is 13.7 Å².